The molecule has 3 saturated heterocycles. The Bertz CT molecular complexity index is 1520. The molecule has 0 aliphatic carbocycles. The average molecular weight is 692 g/mol. The van der Waals surface area contributed by atoms with Crippen molar-refractivity contribution >= 4 is 35.2 Å². The van der Waals surface area contributed by atoms with Crippen molar-refractivity contribution in [2.24, 2.45) is 5.92 Å². The van der Waals surface area contributed by atoms with Gasteiger partial charge >= 0.3 is 6.09 Å². The van der Waals surface area contributed by atoms with Gasteiger partial charge < -0.3 is 43.3 Å². The molecule has 2 N–H and O–H groups in total. The molecule has 1 aromatic rings. The van der Waals surface area contributed by atoms with Crippen LogP contribution < -0.4 is 15.0 Å². The number of anilines is 1. The van der Waals surface area contributed by atoms with E-state index in [0.717, 1.165) is 11.1 Å². The fraction of sp³-hybridized carbons (Fsp3) is 0.618. The molecule has 0 aromatic heterocycles. The summed E-state index contributed by atoms with van der Waals surface area (Å²) in [6.07, 6.45) is 1.05. The van der Waals surface area contributed by atoms with Crippen molar-refractivity contribution < 1.29 is 47.9 Å². The van der Waals surface area contributed by atoms with Gasteiger partial charge in [0.05, 0.1) is 31.2 Å². The molecule has 13 nitrogen and oxygen atoms in total. The van der Waals surface area contributed by atoms with E-state index in [-0.39, 0.29) is 29.7 Å². The number of nitrogens with one attached hydrogen (secondary N) is 1. The molecule has 3 amide bonds. The number of carbonyl (C=O) groups is 3. The van der Waals surface area contributed by atoms with E-state index in [2.05, 4.69) is 5.32 Å². The predicted molar refractivity (Wildman–Crippen MR) is 175 cm³/mol. The van der Waals surface area contributed by atoms with E-state index in [4.69, 9.17) is 40.0 Å². The fourth-order valence-electron chi connectivity index (χ4n) is 6.94. The van der Waals surface area contributed by atoms with Gasteiger partial charge in [0.25, 0.3) is 0 Å². The highest BCUT2D eigenvalue weighted by Crippen LogP contribution is 2.62. The Labute approximate surface area is 286 Å². The SMILES string of the molecule is COc1cc2cc(c1Cl)N(C)C(=O)C[C@@H]1OC([C@H](C)N(C)C(C)=O)O[C@@]3(O[C@@]13C)[C@H](C)[C@@H]1C[C@@](O)(NC(=O)O1)[C@H](OC)C=CC=C(C)C2. The molecule has 0 radical (unpaired) electrons. The summed E-state index contributed by atoms with van der Waals surface area (Å²) in [6.45, 7) is 8.72. The molecular weight excluding hydrogens is 646 g/mol. The lowest BCUT2D eigenvalue weighted by molar-refractivity contribution is -0.291. The van der Waals surface area contributed by atoms with Gasteiger partial charge in [-0.15, -0.1) is 0 Å². The summed E-state index contributed by atoms with van der Waals surface area (Å²) in [7, 11) is 6.22. The summed E-state index contributed by atoms with van der Waals surface area (Å²) < 4.78 is 36.4. The topological polar surface area (TPSA) is 149 Å². The first-order valence-corrected chi connectivity index (χ1v) is 16.4. The maximum Gasteiger partial charge on any atom is 0.409 e. The number of rotatable bonds is 4. The summed E-state index contributed by atoms with van der Waals surface area (Å²) in [5.41, 5.74) is -0.745. The molecule has 4 aliphatic heterocycles. The lowest BCUT2D eigenvalue weighted by Gasteiger charge is -2.46. The number of aliphatic hydroxyl groups is 1. The second-order valence-corrected chi connectivity index (χ2v) is 13.7. The second-order valence-electron chi connectivity index (χ2n) is 13.4. The van der Waals surface area contributed by atoms with Crippen molar-refractivity contribution in [2.45, 2.75) is 102 Å². The third-order valence-corrected chi connectivity index (χ3v) is 10.6. The van der Waals surface area contributed by atoms with Crippen LogP contribution in [0.4, 0.5) is 10.5 Å². The largest absolute Gasteiger partial charge is 0.495 e. The van der Waals surface area contributed by atoms with Crippen LogP contribution in [-0.2, 0) is 39.7 Å². The van der Waals surface area contributed by atoms with Crippen molar-refractivity contribution in [3.05, 3.63) is 46.5 Å². The van der Waals surface area contributed by atoms with E-state index in [1.165, 1.54) is 30.9 Å². The molecule has 0 saturated carbocycles. The Morgan fingerprint density at radius 1 is 1.27 bits per heavy atom. The van der Waals surface area contributed by atoms with Gasteiger partial charge in [0.15, 0.2) is 12.0 Å². The number of benzene rings is 1. The van der Waals surface area contributed by atoms with Crippen molar-refractivity contribution in [2.75, 3.05) is 33.2 Å². The number of fused-ring (bicyclic) bond motifs is 4. The molecule has 6 bridgehead atoms. The van der Waals surface area contributed by atoms with Crippen LogP contribution in [0.2, 0.25) is 5.02 Å². The van der Waals surface area contributed by atoms with Crippen LogP contribution in [0.15, 0.2) is 35.9 Å². The molecule has 9 atom stereocenters. The standard InChI is InChI=1S/C34H46ClN3O10/c1-18-11-10-12-26(44-9)33(42)17-25(45-31(41)36-33)19(2)34-32(5,48-34)27(46-30(47-34)20(3)37(6)21(4)39)16-28(40)38(7)23-14-22(13-18)15-24(43-8)29(23)35/h10-12,14-15,19-20,25-27,30,42H,13,16-17H2,1-9H3,(H,36,41)/t19-,20+,25+,26-,27+,30?,32+,33+,34-/m1/s1. The first-order valence-electron chi connectivity index (χ1n) is 16.0. The van der Waals surface area contributed by atoms with Gasteiger partial charge in [-0.2, -0.15) is 0 Å². The highest BCUT2D eigenvalue weighted by molar-refractivity contribution is 6.35. The molecule has 4 aliphatic rings. The highest BCUT2D eigenvalue weighted by atomic mass is 35.5. The van der Waals surface area contributed by atoms with Crippen LogP contribution in [0.5, 0.6) is 5.75 Å². The molecule has 14 heteroatoms. The molecule has 0 spiro atoms. The van der Waals surface area contributed by atoms with Crippen LogP contribution in [0.25, 0.3) is 0 Å². The molecule has 264 valence electrons. The van der Waals surface area contributed by atoms with E-state index in [1.54, 1.807) is 47.0 Å². The Morgan fingerprint density at radius 3 is 2.62 bits per heavy atom. The van der Waals surface area contributed by atoms with Crippen LogP contribution in [-0.4, -0.2) is 104 Å². The predicted octanol–water partition coefficient (Wildman–Crippen LogP) is 3.69. The van der Waals surface area contributed by atoms with Crippen LogP contribution in [0, 0.1) is 5.92 Å². The van der Waals surface area contributed by atoms with E-state index >= 15 is 0 Å². The van der Waals surface area contributed by atoms with Gasteiger partial charge in [0.2, 0.25) is 17.6 Å². The first kappa shape index (κ1) is 36.1. The monoisotopic (exact) mass is 691 g/mol. The molecular formula is C34H46ClN3O10. The number of allylic oxidation sites excluding steroid dienone is 3. The third-order valence-electron chi connectivity index (χ3n) is 10.2. The normalized spacial score (nSPS) is 35.9. The number of methoxy groups -OCH3 is 2. The Hall–Kier alpha value is -3.20. The zero-order valence-corrected chi connectivity index (χ0v) is 29.6. The molecule has 48 heavy (non-hydrogen) atoms. The van der Waals surface area contributed by atoms with Crippen molar-refractivity contribution in [3.8, 4) is 5.75 Å². The molecule has 5 rings (SSSR count). The van der Waals surface area contributed by atoms with Gasteiger partial charge in [0, 0.05) is 34.5 Å². The number of hydrogen-bond donors (Lipinski definition) is 2. The summed E-state index contributed by atoms with van der Waals surface area (Å²) in [6, 6.07) is 3.08. The highest BCUT2D eigenvalue weighted by Gasteiger charge is 2.80. The van der Waals surface area contributed by atoms with E-state index in [9.17, 15) is 19.5 Å². The number of amides is 3. The Kier molecular flexibility index (Phi) is 9.97. The maximum absolute atomic E-state index is 14.0. The smallest absolute Gasteiger partial charge is 0.409 e. The van der Waals surface area contributed by atoms with Gasteiger partial charge in [0.1, 0.15) is 34.7 Å². The minimum atomic E-state index is -1.84. The van der Waals surface area contributed by atoms with Crippen molar-refractivity contribution in [1.29, 1.82) is 0 Å². The number of likely N-dealkylation sites (N-methyl/N-ethyl adjacent to an activating group) is 1. The fourth-order valence-corrected chi connectivity index (χ4v) is 7.25. The summed E-state index contributed by atoms with van der Waals surface area (Å²) in [4.78, 5) is 42.3. The third kappa shape index (κ3) is 6.32. The number of hydrogen-bond acceptors (Lipinski definition) is 10. The second kappa shape index (κ2) is 13.3. The molecule has 1 unspecified atom stereocenters. The molecule has 3 fully saturated rings. The molecule has 1 aromatic carbocycles. The van der Waals surface area contributed by atoms with Crippen molar-refractivity contribution in [1.82, 2.24) is 10.2 Å². The quantitative estimate of drug-likeness (QED) is 0.448. The Balaban J connectivity index is 1.62. The number of halogens is 1. The molecule has 4 heterocycles. The van der Waals surface area contributed by atoms with Gasteiger partial charge in [-0.25, -0.2) is 4.79 Å². The number of epoxide rings is 1. The minimum Gasteiger partial charge on any atom is -0.495 e. The summed E-state index contributed by atoms with van der Waals surface area (Å²) in [5, 5.41) is 14.6. The van der Waals surface area contributed by atoms with E-state index in [0.29, 0.717) is 17.9 Å². The van der Waals surface area contributed by atoms with Crippen molar-refractivity contribution in [3.63, 3.8) is 0 Å². The number of alkyl carbamates (subject to hydrolysis) is 1. The summed E-state index contributed by atoms with van der Waals surface area (Å²) in [5.74, 6) is -2.19. The lowest BCUT2D eigenvalue weighted by Crippen LogP contribution is -2.65. The zero-order valence-electron chi connectivity index (χ0n) is 28.9. The van der Waals surface area contributed by atoms with Gasteiger partial charge in [-0.3, -0.25) is 14.9 Å². The minimum absolute atomic E-state index is 0.0686. The average Bonchev–Trinajstić information content (AvgIpc) is 3.68. The van der Waals surface area contributed by atoms with Gasteiger partial charge in [-0.1, -0.05) is 42.3 Å². The number of nitrogens with zero attached hydrogens (tertiary/aromatic N) is 2. The lowest BCUT2D eigenvalue weighted by atomic mass is 9.80. The van der Waals surface area contributed by atoms with Crippen LogP contribution in [0.1, 0.15) is 53.0 Å². The van der Waals surface area contributed by atoms with E-state index < -0.39 is 59.8 Å². The maximum atomic E-state index is 14.0. The first-order chi connectivity index (χ1) is 22.5. The van der Waals surface area contributed by atoms with Crippen LogP contribution >= 0.6 is 11.6 Å². The van der Waals surface area contributed by atoms with Crippen LogP contribution in [0.3, 0.4) is 0 Å². The number of carbonyl (C=O) groups excluding carboxylic acids is 3. The van der Waals surface area contributed by atoms with E-state index in [1.807, 2.05) is 25.1 Å². The Morgan fingerprint density at radius 2 is 1.98 bits per heavy atom. The zero-order chi connectivity index (χ0) is 35.3. The summed E-state index contributed by atoms with van der Waals surface area (Å²) >= 11 is 6.75. The number of ether oxygens (including phenoxy) is 6. The van der Waals surface area contributed by atoms with Gasteiger partial charge in [-0.05, 0) is 44.9 Å².